The number of hydrogen-bond acceptors (Lipinski definition) is 5. The van der Waals surface area contributed by atoms with Gasteiger partial charge in [0, 0.05) is 36.7 Å². The number of carbonyl (C=O) groups excluding carboxylic acids is 1. The lowest BCUT2D eigenvalue weighted by Crippen LogP contribution is -2.47. The number of nitrogens with zero attached hydrogens (tertiary/aromatic N) is 2. The molecule has 7 heteroatoms. The van der Waals surface area contributed by atoms with Crippen LogP contribution in [-0.4, -0.2) is 27.8 Å². The van der Waals surface area contributed by atoms with Crippen LogP contribution >= 0.6 is 0 Å². The predicted molar refractivity (Wildman–Crippen MR) is 108 cm³/mol. The molecule has 1 aromatic carbocycles. The quantitative estimate of drug-likeness (QED) is 0.654. The fourth-order valence-corrected chi connectivity index (χ4v) is 3.74. The van der Waals surface area contributed by atoms with Crippen LogP contribution in [0.5, 0.6) is 0 Å². The summed E-state index contributed by atoms with van der Waals surface area (Å²) in [6.07, 6.45) is 12.3. The highest BCUT2D eigenvalue weighted by atomic mass is 16.1. The number of benzene rings is 1. The van der Waals surface area contributed by atoms with Crippen LogP contribution in [0.15, 0.2) is 42.7 Å². The number of rotatable bonds is 5. The first-order chi connectivity index (χ1) is 13.2. The summed E-state index contributed by atoms with van der Waals surface area (Å²) in [7, 11) is 0. The third kappa shape index (κ3) is 4.31. The maximum Gasteiger partial charge on any atom is 0.221 e. The van der Waals surface area contributed by atoms with Crippen molar-refractivity contribution in [1.29, 1.82) is 0 Å². The number of imidazole rings is 1. The van der Waals surface area contributed by atoms with Gasteiger partial charge in [0.05, 0.1) is 5.70 Å². The average Bonchev–Trinajstić information content (AvgIpc) is 3.13. The van der Waals surface area contributed by atoms with Crippen molar-refractivity contribution in [1.82, 2.24) is 15.0 Å². The maximum absolute atomic E-state index is 11.2. The molecular weight excluding hydrogens is 340 g/mol. The SMILES string of the molecule is CC(=O)Nc1ccc(NC2=CC(NC3CCCCC3)Nn3ccnc32)cc1. The third-order valence-corrected chi connectivity index (χ3v) is 5.00. The van der Waals surface area contributed by atoms with Gasteiger partial charge in [-0.1, -0.05) is 19.3 Å². The van der Waals surface area contributed by atoms with Crippen LogP contribution in [0.25, 0.3) is 5.70 Å². The van der Waals surface area contributed by atoms with Gasteiger partial charge in [0.2, 0.25) is 5.91 Å². The minimum Gasteiger partial charge on any atom is -0.353 e. The summed E-state index contributed by atoms with van der Waals surface area (Å²) in [4.78, 5) is 15.6. The number of nitrogens with one attached hydrogen (secondary N) is 4. The van der Waals surface area contributed by atoms with Crippen LogP contribution in [0.1, 0.15) is 44.9 Å². The molecule has 4 rings (SSSR count). The fraction of sp³-hybridized carbons (Fsp3) is 0.400. The number of anilines is 2. The maximum atomic E-state index is 11.2. The smallest absolute Gasteiger partial charge is 0.221 e. The Morgan fingerprint density at radius 3 is 2.63 bits per heavy atom. The molecule has 2 heterocycles. The van der Waals surface area contributed by atoms with Crippen molar-refractivity contribution < 1.29 is 4.79 Å². The first-order valence-electron chi connectivity index (χ1n) is 9.60. The Bertz CT molecular complexity index is 819. The summed E-state index contributed by atoms with van der Waals surface area (Å²) < 4.78 is 1.95. The minimum absolute atomic E-state index is 0.0518. The monoisotopic (exact) mass is 366 g/mol. The molecule has 0 spiro atoms. The molecule has 4 N–H and O–H groups in total. The topological polar surface area (TPSA) is 83.0 Å². The van der Waals surface area contributed by atoms with Crippen molar-refractivity contribution in [2.45, 2.75) is 51.2 Å². The van der Waals surface area contributed by atoms with E-state index in [4.69, 9.17) is 0 Å². The molecule has 1 amide bonds. The minimum atomic E-state index is -0.0737. The molecule has 2 aliphatic rings. The number of fused-ring (bicyclic) bond motifs is 1. The Kier molecular flexibility index (Phi) is 5.11. The molecule has 7 nitrogen and oxygen atoms in total. The lowest BCUT2D eigenvalue weighted by Gasteiger charge is -2.31. The van der Waals surface area contributed by atoms with E-state index in [0.29, 0.717) is 6.04 Å². The van der Waals surface area contributed by atoms with E-state index in [1.807, 2.05) is 35.1 Å². The molecule has 0 saturated heterocycles. The van der Waals surface area contributed by atoms with Gasteiger partial charge in [-0.25, -0.2) is 9.66 Å². The van der Waals surface area contributed by atoms with Gasteiger partial charge in [-0.3, -0.25) is 10.1 Å². The molecule has 2 aromatic rings. The molecule has 142 valence electrons. The Balaban J connectivity index is 1.49. The zero-order valence-electron chi connectivity index (χ0n) is 15.5. The van der Waals surface area contributed by atoms with E-state index in [2.05, 4.69) is 32.4 Å². The largest absolute Gasteiger partial charge is 0.353 e. The van der Waals surface area contributed by atoms with E-state index in [1.54, 1.807) is 6.20 Å². The lowest BCUT2D eigenvalue weighted by molar-refractivity contribution is -0.114. The summed E-state index contributed by atoms with van der Waals surface area (Å²) >= 11 is 0. The molecule has 27 heavy (non-hydrogen) atoms. The highest BCUT2D eigenvalue weighted by Gasteiger charge is 2.23. The van der Waals surface area contributed by atoms with E-state index in [0.717, 1.165) is 22.9 Å². The molecule has 1 aromatic heterocycles. The van der Waals surface area contributed by atoms with Crippen molar-refractivity contribution >= 4 is 23.0 Å². The summed E-state index contributed by atoms with van der Waals surface area (Å²) in [6.45, 7) is 1.51. The highest BCUT2D eigenvalue weighted by molar-refractivity contribution is 5.89. The van der Waals surface area contributed by atoms with E-state index in [9.17, 15) is 4.79 Å². The van der Waals surface area contributed by atoms with E-state index in [1.165, 1.54) is 39.0 Å². The summed E-state index contributed by atoms with van der Waals surface area (Å²) in [6, 6.07) is 8.22. The molecule has 1 atom stereocenters. The first-order valence-corrected chi connectivity index (χ1v) is 9.60. The highest BCUT2D eigenvalue weighted by Crippen LogP contribution is 2.23. The molecule has 1 saturated carbocycles. The standard InChI is InChI=1S/C20H26N6O/c1-14(27)22-16-7-9-17(10-8-16)23-18-13-19(24-15-5-3-2-4-6-15)25-26-12-11-21-20(18)26/h7-13,15,19,23-25H,2-6H2,1H3,(H,22,27). The molecular formula is C20H26N6O. The predicted octanol–water partition coefficient (Wildman–Crippen LogP) is 3.10. The van der Waals surface area contributed by atoms with Gasteiger partial charge >= 0.3 is 0 Å². The Morgan fingerprint density at radius 2 is 1.89 bits per heavy atom. The number of amides is 1. The zero-order chi connectivity index (χ0) is 18.6. The van der Waals surface area contributed by atoms with Crippen molar-refractivity contribution in [3.05, 3.63) is 48.6 Å². The van der Waals surface area contributed by atoms with Crippen LogP contribution in [0, 0.1) is 0 Å². The van der Waals surface area contributed by atoms with Gasteiger partial charge in [-0.2, -0.15) is 0 Å². The molecule has 1 aliphatic carbocycles. The normalized spacial score (nSPS) is 19.6. The van der Waals surface area contributed by atoms with Gasteiger partial charge in [0.15, 0.2) is 5.82 Å². The summed E-state index contributed by atoms with van der Waals surface area (Å²) in [5.74, 6) is 0.776. The van der Waals surface area contributed by atoms with Crippen LogP contribution in [0.3, 0.4) is 0 Å². The first kappa shape index (κ1) is 17.6. The summed E-state index contributed by atoms with van der Waals surface area (Å²) in [5, 5.41) is 9.95. The molecule has 1 aliphatic heterocycles. The Hall–Kier alpha value is -2.80. The average molecular weight is 366 g/mol. The number of aromatic nitrogens is 2. The van der Waals surface area contributed by atoms with Crippen molar-refractivity contribution in [3.8, 4) is 0 Å². The number of hydrogen-bond donors (Lipinski definition) is 4. The van der Waals surface area contributed by atoms with Crippen LogP contribution in [0.4, 0.5) is 11.4 Å². The second-order valence-electron chi connectivity index (χ2n) is 7.19. The van der Waals surface area contributed by atoms with Gasteiger partial charge in [-0.05, 0) is 43.2 Å². The van der Waals surface area contributed by atoms with Crippen LogP contribution in [0.2, 0.25) is 0 Å². The van der Waals surface area contributed by atoms with Crippen molar-refractivity contribution in [2.24, 2.45) is 0 Å². The molecule has 0 radical (unpaired) electrons. The fourth-order valence-electron chi connectivity index (χ4n) is 3.74. The molecule has 1 unspecified atom stereocenters. The Labute approximate surface area is 159 Å². The van der Waals surface area contributed by atoms with Gasteiger partial charge < -0.3 is 16.1 Å². The zero-order valence-corrected chi connectivity index (χ0v) is 15.5. The van der Waals surface area contributed by atoms with Gasteiger partial charge in [0.1, 0.15) is 6.17 Å². The Morgan fingerprint density at radius 1 is 1.15 bits per heavy atom. The van der Waals surface area contributed by atoms with Gasteiger partial charge in [-0.15, -0.1) is 0 Å². The van der Waals surface area contributed by atoms with Gasteiger partial charge in [0.25, 0.3) is 0 Å². The van der Waals surface area contributed by atoms with Crippen molar-refractivity contribution in [3.63, 3.8) is 0 Å². The van der Waals surface area contributed by atoms with E-state index >= 15 is 0 Å². The lowest BCUT2D eigenvalue weighted by atomic mass is 9.95. The third-order valence-electron chi connectivity index (χ3n) is 5.00. The van der Waals surface area contributed by atoms with Crippen molar-refractivity contribution in [2.75, 3.05) is 16.1 Å². The van der Waals surface area contributed by atoms with Crippen LogP contribution in [-0.2, 0) is 4.79 Å². The summed E-state index contributed by atoms with van der Waals surface area (Å²) in [5.41, 5.74) is 6.14. The van der Waals surface area contributed by atoms with Crippen LogP contribution < -0.4 is 21.4 Å². The second-order valence-corrected chi connectivity index (χ2v) is 7.19. The number of carbonyl (C=O) groups is 1. The molecule has 0 bridgehead atoms. The molecule has 1 fully saturated rings. The second kappa shape index (κ2) is 7.84. The van der Waals surface area contributed by atoms with E-state index in [-0.39, 0.29) is 12.1 Å². The van der Waals surface area contributed by atoms with E-state index < -0.39 is 0 Å².